The van der Waals surface area contributed by atoms with Crippen molar-refractivity contribution in [2.75, 3.05) is 26.7 Å². The first-order valence-electron chi connectivity index (χ1n) is 8.53. The van der Waals surface area contributed by atoms with E-state index in [0.29, 0.717) is 0 Å². The summed E-state index contributed by atoms with van der Waals surface area (Å²) < 4.78 is 0. The molecule has 1 saturated carbocycles. The van der Waals surface area contributed by atoms with Crippen LogP contribution in [0.1, 0.15) is 52.9 Å². The van der Waals surface area contributed by atoms with Gasteiger partial charge in [0.1, 0.15) is 0 Å². The van der Waals surface area contributed by atoms with Crippen molar-refractivity contribution in [1.29, 1.82) is 0 Å². The monoisotopic (exact) mass is 266 g/mol. The van der Waals surface area contributed by atoms with Gasteiger partial charge in [0.25, 0.3) is 0 Å². The van der Waals surface area contributed by atoms with Crippen LogP contribution in [0.15, 0.2) is 0 Å². The molecule has 2 rings (SSSR count). The molecule has 2 nitrogen and oxygen atoms in total. The molecule has 2 heteroatoms. The lowest BCUT2D eigenvalue weighted by atomic mass is 9.76. The second-order valence-corrected chi connectivity index (χ2v) is 7.30. The van der Waals surface area contributed by atoms with Gasteiger partial charge in [-0.1, -0.05) is 33.6 Å². The Hall–Kier alpha value is -0.0800. The lowest BCUT2D eigenvalue weighted by Crippen LogP contribution is -2.44. The van der Waals surface area contributed by atoms with E-state index in [9.17, 15) is 0 Å². The van der Waals surface area contributed by atoms with Crippen LogP contribution in [-0.4, -0.2) is 37.6 Å². The van der Waals surface area contributed by atoms with Crippen LogP contribution in [0.3, 0.4) is 0 Å². The van der Waals surface area contributed by atoms with Crippen LogP contribution in [0, 0.1) is 23.7 Å². The lowest BCUT2D eigenvalue weighted by molar-refractivity contribution is 0.150. The van der Waals surface area contributed by atoms with Crippen molar-refractivity contribution in [3.05, 3.63) is 0 Å². The highest BCUT2D eigenvalue weighted by atomic mass is 15.2. The zero-order valence-electron chi connectivity index (χ0n) is 13.5. The molecule has 5 unspecified atom stereocenters. The molecule has 0 amide bonds. The largest absolute Gasteiger partial charge is 0.317 e. The van der Waals surface area contributed by atoms with E-state index in [1.165, 1.54) is 51.7 Å². The van der Waals surface area contributed by atoms with Crippen LogP contribution in [0.5, 0.6) is 0 Å². The smallest absolute Gasteiger partial charge is 0.0105 e. The molecule has 1 saturated heterocycles. The molecule has 0 bridgehead atoms. The number of rotatable bonds is 5. The standard InChI is InChI=1S/C17H34N2/c1-5-6-15-7-8-17(18-4)16(9-15)12-19-10-13(2)14(3)11-19/h13-18H,5-12H2,1-4H3. The molecule has 0 spiro atoms. The summed E-state index contributed by atoms with van der Waals surface area (Å²) in [6.45, 7) is 11.2. The van der Waals surface area contributed by atoms with Gasteiger partial charge in [-0.05, 0) is 50.0 Å². The van der Waals surface area contributed by atoms with Gasteiger partial charge >= 0.3 is 0 Å². The molecule has 5 atom stereocenters. The minimum Gasteiger partial charge on any atom is -0.317 e. The second-order valence-electron chi connectivity index (χ2n) is 7.30. The molecular formula is C17H34N2. The maximum atomic E-state index is 3.59. The first-order valence-corrected chi connectivity index (χ1v) is 8.53. The van der Waals surface area contributed by atoms with Crippen LogP contribution < -0.4 is 5.32 Å². The van der Waals surface area contributed by atoms with E-state index in [-0.39, 0.29) is 0 Å². The number of hydrogen-bond acceptors (Lipinski definition) is 2. The predicted octanol–water partition coefficient (Wildman–Crippen LogP) is 3.38. The van der Waals surface area contributed by atoms with Gasteiger partial charge in [0.2, 0.25) is 0 Å². The summed E-state index contributed by atoms with van der Waals surface area (Å²) in [6, 6.07) is 0.763. The summed E-state index contributed by atoms with van der Waals surface area (Å²) in [6.07, 6.45) is 7.10. The molecule has 2 aliphatic rings. The third kappa shape index (κ3) is 3.95. The number of hydrogen-bond donors (Lipinski definition) is 1. The van der Waals surface area contributed by atoms with Gasteiger partial charge in [-0.15, -0.1) is 0 Å². The third-order valence-corrected chi connectivity index (χ3v) is 5.72. The minimum absolute atomic E-state index is 0.763. The fourth-order valence-electron chi connectivity index (χ4n) is 4.34. The topological polar surface area (TPSA) is 15.3 Å². The van der Waals surface area contributed by atoms with E-state index in [1.807, 2.05) is 0 Å². The van der Waals surface area contributed by atoms with Crippen LogP contribution >= 0.6 is 0 Å². The Kier molecular flexibility index (Phi) is 5.70. The van der Waals surface area contributed by atoms with Gasteiger partial charge in [-0.2, -0.15) is 0 Å². The average molecular weight is 266 g/mol. The normalized spacial score (nSPS) is 40.7. The number of nitrogens with one attached hydrogen (secondary N) is 1. The molecule has 0 aromatic heterocycles. The number of nitrogens with zero attached hydrogens (tertiary/aromatic N) is 1. The van der Waals surface area contributed by atoms with E-state index in [1.54, 1.807) is 0 Å². The Bertz CT molecular complexity index is 256. The molecule has 112 valence electrons. The van der Waals surface area contributed by atoms with E-state index in [2.05, 4.69) is 38.0 Å². The SMILES string of the molecule is CCCC1CCC(NC)C(CN2CC(C)C(C)C2)C1. The molecule has 19 heavy (non-hydrogen) atoms. The zero-order valence-corrected chi connectivity index (χ0v) is 13.5. The highest BCUT2D eigenvalue weighted by Crippen LogP contribution is 2.34. The number of likely N-dealkylation sites (tertiary alicyclic amines) is 1. The van der Waals surface area contributed by atoms with Gasteiger partial charge in [-0.3, -0.25) is 0 Å². The van der Waals surface area contributed by atoms with Crippen LogP contribution in [-0.2, 0) is 0 Å². The van der Waals surface area contributed by atoms with Gasteiger partial charge in [0.15, 0.2) is 0 Å². The van der Waals surface area contributed by atoms with Crippen molar-refractivity contribution in [3.63, 3.8) is 0 Å². The van der Waals surface area contributed by atoms with Crippen molar-refractivity contribution in [2.24, 2.45) is 23.7 Å². The molecule has 0 radical (unpaired) electrons. The summed E-state index contributed by atoms with van der Waals surface area (Å²) in [7, 11) is 2.16. The molecule has 1 N–H and O–H groups in total. The lowest BCUT2D eigenvalue weighted by Gasteiger charge is -2.38. The Morgan fingerprint density at radius 1 is 1.11 bits per heavy atom. The first kappa shape index (κ1) is 15.3. The van der Waals surface area contributed by atoms with Gasteiger partial charge in [-0.25, -0.2) is 0 Å². The summed E-state index contributed by atoms with van der Waals surface area (Å²) in [4.78, 5) is 2.73. The summed E-state index contributed by atoms with van der Waals surface area (Å²) in [5, 5.41) is 3.59. The quantitative estimate of drug-likeness (QED) is 0.820. The fraction of sp³-hybridized carbons (Fsp3) is 1.00. The predicted molar refractivity (Wildman–Crippen MR) is 83.4 cm³/mol. The molecule has 2 fully saturated rings. The van der Waals surface area contributed by atoms with Crippen molar-refractivity contribution in [3.8, 4) is 0 Å². The van der Waals surface area contributed by atoms with Crippen molar-refractivity contribution in [1.82, 2.24) is 10.2 Å². The maximum Gasteiger partial charge on any atom is 0.0105 e. The van der Waals surface area contributed by atoms with E-state index in [4.69, 9.17) is 0 Å². The molecular weight excluding hydrogens is 232 g/mol. The van der Waals surface area contributed by atoms with Crippen molar-refractivity contribution < 1.29 is 0 Å². The second kappa shape index (κ2) is 7.08. The molecule has 0 aromatic rings. The van der Waals surface area contributed by atoms with Crippen molar-refractivity contribution >= 4 is 0 Å². The van der Waals surface area contributed by atoms with Gasteiger partial charge < -0.3 is 10.2 Å². The molecule has 1 aliphatic heterocycles. The summed E-state index contributed by atoms with van der Waals surface area (Å²) in [5.41, 5.74) is 0. The third-order valence-electron chi connectivity index (χ3n) is 5.72. The average Bonchev–Trinajstić information content (AvgIpc) is 2.69. The van der Waals surface area contributed by atoms with E-state index < -0.39 is 0 Å². The summed E-state index contributed by atoms with van der Waals surface area (Å²) in [5.74, 6) is 3.66. The van der Waals surface area contributed by atoms with Crippen LogP contribution in [0.4, 0.5) is 0 Å². The Balaban J connectivity index is 1.87. The highest BCUT2D eigenvalue weighted by Gasteiger charge is 2.33. The van der Waals surface area contributed by atoms with Gasteiger partial charge in [0.05, 0.1) is 0 Å². The zero-order chi connectivity index (χ0) is 13.8. The van der Waals surface area contributed by atoms with Gasteiger partial charge in [0, 0.05) is 25.7 Å². The van der Waals surface area contributed by atoms with E-state index in [0.717, 1.165) is 29.7 Å². The van der Waals surface area contributed by atoms with E-state index >= 15 is 0 Å². The fourth-order valence-corrected chi connectivity index (χ4v) is 4.34. The summed E-state index contributed by atoms with van der Waals surface area (Å²) >= 11 is 0. The van der Waals surface area contributed by atoms with Crippen molar-refractivity contribution in [2.45, 2.75) is 58.9 Å². The Labute approximate surface area is 120 Å². The minimum atomic E-state index is 0.763. The molecule has 0 aromatic carbocycles. The molecule has 1 heterocycles. The Morgan fingerprint density at radius 3 is 2.37 bits per heavy atom. The molecule has 1 aliphatic carbocycles. The Morgan fingerprint density at radius 2 is 1.79 bits per heavy atom. The highest BCUT2D eigenvalue weighted by molar-refractivity contribution is 4.88. The first-order chi connectivity index (χ1) is 9.13. The van der Waals surface area contributed by atoms with Crippen LogP contribution in [0.2, 0.25) is 0 Å². The van der Waals surface area contributed by atoms with Crippen LogP contribution in [0.25, 0.3) is 0 Å². The maximum absolute atomic E-state index is 3.59.